The maximum absolute atomic E-state index is 6.48. The summed E-state index contributed by atoms with van der Waals surface area (Å²) in [4.78, 5) is 0. The fraction of sp³-hybridized carbons (Fsp3) is 0.625. The molecule has 0 spiro atoms. The van der Waals surface area contributed by atoms with E-state index in [1.54, 1.807) is 0 Å². The maximum Gasteiger partial charge on any atom is 0.0793 e. The Morgan fingerprint density at radius 1 is 1.22 bits per heavy atom. The molecule has 1 saturated carbocycles. The average Bonchev–Trinajstić information content (AvgIpc) is 2.73. The van der Waals surface area contributed by atoms with Gasteiger partial charge in [-0.25, -0.2) is 0 Å². The smallest absolute Gasteiger partial charge is 0.0793 e. The zero-order valence-electron chi connectivity index (χ0n) is 11.1. The highest BCUT2D eigenvalue weighted by molar-refractivity contribution is 5.34. The van der Waals surface area contributed by atoms with E-state index in [4.69, 9.17) is 10.5 Å². The van der Waals surface area contributed by atoms with Gasteiger partial charge in [-0.3, -0.25) is 0 Å². The van der Waals surface area contributed by atoms with E-state index in [1.807, 2.05) is 0 Å². The van der Waals surface area contributed by atoms with E-state index in [2.05, 4.69) is 31.2 Å². The summed E-state index contributed by atoms with van der Waals surface area (Å²) in [6.45, 7) is 3.12. The summed E-state index contributed by atoms with van der Waals surface area (Å²) in [5, 5.41) is 0. The number of hydrogen-bond donors (Lipinski definition) is 1. The third-order valence-corrected chi connectivity index (χ3v) is 4.70. The van der Waals surface area contributed by atoms with E-state index < -0.39 is 0 Å². The van der Waals surface area contributed by atoms with Crippen LogP contribution in [0.15, 0.2) is 24.3 Å². The quantitative estimate of drug-likeness (QED) is 0.886. The molecule has 0 aromatic heterocycles. The molecule has 0 amide bonds. The fourth-order valence-corrected chi connectivity index (χ4v) is 3.26. The molecule has 1 saturated heterocycles. The highest BCUT2D eigenvalue weighted by atomic mass is 16.5. The second kappa shape index (κ2) is 5.02. The van der Waals surface area contributed by atoms with Crippen molar-refractivity contribution in [3.8, 4) is 0 Å². The monoisotopic (exact) mass is 245 g/mol. The first kappa shape index (κ1) is 12.2. The van der Waals surface area contributed by atoms with Gasteiger partial charge in [-0.15, -0.1) is 0 Å². The number of benzene rings is 1. The second-order valence-electron chi connectivity index (χ2n) is 5.88. The van der Waals surface area contributed by atoms with E-state index in [1.165, 1.54) is 30.4 Å². The molecule has 1 aromatic rings. The average molecular weight is 245 g/mol. The molecule has 0 radical (unpaired) electrons. The van der Waals surface area contributed by atoms with Crippen molar-refractivity contribution in [3.63, 3.8) is 0 Å². The van der Waals surface area contributed by atoms with Gasteiger partial charge in [0.25, 0.3) is 0 Å². The third-order valence-electron chi connectivity index (χ3n) is 4.70. The Kier molecular flexibility index (Phi) is 3.40. The first-order chi connectivity index (χ1) is 8.77. The predicted octanol–water partition coefficient (Wildman–Crippen LogP) is 3.38. The van der Waals surface area contributed by atoms with Crippen molar-refractivity contribution in [1.82, 2.24) is 0 Å². The Labute approximate surface area is 110 Å². The summed E-state index contributed by atoms with van der Waals surface area (Å²) < 4.78 is 5.84. The molecular formula is C16H23NO. The highest BCUT2D eigenvalue weighted by Crippen LogP contribution is 2.41. The van der Waals surface area contributed by atoms with Gasteiger partial charge in [0.15, 0.2) is 0 Å². The molecule has 3 rings (SSSR count). The molecule has 2 N–H and O–H groups in total. The van der Waals surface area contributed by atoms with Gasteiger partial charge >= 0.3 is 0 Å². The standard InChI is InChI=1S/C16H23NO/c1-11-9-10-18-16(11)15(17)14-8-3-2-7-13(14)12-5-4-6-12/h2-3,7-8,11-12,15-16H,4-6,9-10,17H2,1H3. The molecule has 98 valence electrons. The molecule has 1 aliphatic carbocycles. The van der Waals surface area contributed by atoms with E-state index in [0.717, 1.165) is 18.9 Å². The van der Waals surface area contributed by atoms with Gasteiger partial charge < -0.3 is 10.5 Å². The van der Waals surface area contributed by atoms with Crippen molar-refractivity contribution in [2.45, 2.75) is 50.7 Å². The molecule has 1 aliphatic heterocycles. The van der Waals surface area contributed by atoms with Crippen molar-refractivity contribution in [2.75, 3.05) is 6.61 Å². The minimum Gasteiger partial charge on any atom is -0.376 e. The van der Waals surface area contributed by atoms with Crippen LogP contribution in [0.3, 0.4) is 0 Å². The van der Waals surface area contributed by atoms with E-state index in [9.17, 15) is 0 Å². The van der Waals surface area contributed by atoms with Crippen LogP contribution in [-0.4, -0.2) is 12.7 Å². The summed E-state index contributed by atoms with van der Waals surface area (Å²) in [6.07, 6.45) is 5.36. The number of rotatable bonds is 3. The predicted molar refractivity (Wildman–Crippen MR) is 73.5 cm³/mol. The summed E-state index contributed by atoms with van der Waals surface area (Å²) in [7, 11) is 0. The summed E-state index contributed by atoms with van der Waals surface area (Å²) in [5.41, 5.74) is 9.27. The topological polar surface area (TPSA) is 35.2 Å². The van der Waals surface area contributed by atoms with Crippen molar-refractivity contribution in [1.29, 1.82) is 0 Å². The van der Waals surface area contributed by atoms with Crippen LogP contribution in [0.25, 0.3) is 0 Å². The fourth-order valence-electron chi connectivity index (χ4n) is 3.26. The largest absolute Gasteiger partial charge is 0.376 e. The van der Waals surface area contributed by atoms with Gasteiger partial charge in [0.2, 0.25) is 0 Å². The molecule has 3 unspecified atom stereocenters. The van der Waals surface area contributed by atoms with Crippen molar-refractivity contribution in [2.24, 2.45) is 11.7 Å². The van der Waals surface area contributed by atoms with E-state index in [-0.39, 0.29) is 12.1 Å². The maximum atomic E-state index is 6.48. The molecule has 2 aliphatic rings. The van der Waals surface area contributed by atoms with Crippen LogP contribution < -0.4 is 5.73 Å². The van der Waals surface area contributed by atoms with Crippen molar-refractivity contribution in [3.05, 3.63) is 35.4 Å². The van der Waals surface area contributed by atoms with Crippen LogP contribution >= 0.6 is 0 Å². The Balaban J connectivity index is 1.86. The molecule has 2 fully saturated rings. The van der Waals surface area contributed by atoms with Gasteiger partial charge in [0.1, 0.15) is 0 Å². The Morgan fingerprint density at radius 2 is 2.00 bits per heavy atom. The lowest BCUT2D eigenvalue weighted by molar-refractivity contribution is 0.0720. The Hall–Kier alpha value is -0.860. The molecule has 2 heteroatoms. The Bertz CT molecular complexity index is 413. The lowest BCUT2D eigenvalue weighted by Crippen LogP contribution is -2.31. The lowest BCUT2D eigenvalue weighted by atomic mass is 9.76. The molecule has 18 heavy (non-hydrogen) atoms. The van der Waals surface area contributed by atoms with Crippen LogP contribution in [0.2, 0.25) is 0 Å². The second-order valence-corrected chi connectivity index (χ2v) is 5.88. The van der Waals surface area contributed by atoms with Crippen molar-refractivity contribution >= 4 is 0 Å². The Morgan fingerprint density at radius 3 is 2.61 bits per heavy atom. The molecular weight excluding hydrogens is 222 g/mol. The van der Waals surface area contributed by atoms with Crippen LogP contribution in [0, 0.1) is 5.92 Å². The van der Waals surface area contributed by atoms with Gasteiger partial charge in [-0.2, -0.15) is 0 Å². The zero-order valence-corrected chi connectivity index (χ0v) is 11.1. The van der Waals surface area contributed by atoms with Gasteiger partial charge in [-0.1, -0.05) is 37.6 Å². The number of hydrogen-bond acceptors (Lipinski definition) is 2. The van der Waals surface area contributed by atoms with Crippen LogP contribution in [0.1, 0.15) is 55.7 Å². The van der Waals surface area contributed by atoms with Gasteiger partial charge in [-0.05, 0) is 42.2 Å². The first-order valence-corrected chi connectivity index (χ1v) is 7.23. The minimum absolute atomic E-state index is 0.0410. The van der Waals surface area contributed by atoms with Gasteiger partial charge in [0.05, 0.1) is 12.1 Å². The normalized spacial score (nSPS) is 30.1. The lowest BCUT2D eigenvalue weighted by Gasteiger charge is -2.31. The van der Waals surface area contributed by atoms with Crippen LogP contribution in [0.5, 0.6) is 0 Å². The first-order valence-electron chi connectivity index (χ1n) is 7.23. The summed E-state index contributed by atoms with van der Waals surface area (Å²) >= 11 is 0. The van der Waals surface area contributed by atoms with Crippen LogP contribution in [0.4, 0.5) is 0 Å². The van der Waals surface area contributed by atoms with E-state index >= 15 is 0 Å². The molecule has 3 atom stereocenters. The highest BCUT2D eigenvalue weighted by Gasteiger charge is 2.33. The third kappa shape index (κ3) is 2.08. The molecule has 2 nitrogen and oxygen atoms in total. The van der Waals surface area contributed by atoms with Crippen molar-refractivity contribution < 1.29 is 4.74 Å². The molecule has 0 bridgehead atoms. The number of ether oxygens (including phenoxy) is 1. The van der Waals surface area contributed by atoms with Gasteiger partial charge in [0, 0.05) is 6.61 Å². The van der Waals surface area contributed by atoms with E-state index in [0.29, 0.717) is 5.92 Å². The van der Waals surface area contributed by atoms with Crippen LogP contribution in [-0.2, 0) is 4.74 Å². The zero-order chi connectivity index (χ0) is 12.5. The summed E-state index contributed by atoms with van der Waals surface area (Å²) in [6, 6.07) is 8.75. The molecule has 1 aromatic carbocycles. The molecule has 1 heterocycles. The minimum atomic E-state index is 0.0410. The SMILES string of the molecule is CC1CCOC1C(N)c1ccccc1C1CCC1. The summed E-state index contributed by atoms with van der Waals surface area (Å²) in [5.74, 6) is 1.32. The number of nitrogens with two attached hydrogens (primary N) is 1.